The molecule has 2 aromatic carbocycles. The Morgan fingerprint density at radius 3 is 2.69 bits per heavy atom. The van der Waals surface area contributed by atoms with Gasteiger partial charge in [0.2, 0.25) is 0 Å². The first-order valence-corrected chi connectivity index (χ1v) is 9.59. The van der Waals surface area contributed by atoms with E-state index in [0.717, 1.165) is 6.07 Å². The molecule has 164 valence electrons. The van der Waals surface area contributed by atoms with Crippen molar-refractivity contribution in [3.8, 4) is 11.3 Å². The normalized spacial score (nSPS) is 14.1. The van der Waals surface area contributed by atoms with Crippen LogP contribution in [0.3, 0.4) is 0 Å². The number of halogens is 2. The van der Waals surface area contributed by atoms with E-state index in [1.54, 1.807) is 31.2 Å². The third kappa shape index (κ3) is 3.85. The minimum atomic E-state index is -1.91. The number of hydrogen-bond acceptors (Lipinski definition) is 6. The molecule has 0 saturated carbocycles. The lowest BCUT2D eigenvalue weighted by molar-refractivity contribution is -0.384. The Labute approximate surface area is 180 Å². The minimum Gasteiger partial charge on any atom is -0.381 e. The summed E-state index contributed by atoms with van der Waals surface area (Å²) in [6.45, 7) is 1.41. The average molecular weight is 440 g/mol. The summed E-state index contributed by atoms with van der Waals surface area (Å²) < 4.78 is 30.9. The number of aliphatic hydroxyl groups is 1. The van der Waals surface area contributed by atoms with E-state index in [-0.39, 0.29) is 17.8 Å². The zero-order valence-electron chi connectivity index (χ0n) is 16.8. The van der Waals surface area contributed by atoms with Crippen LogP contribution in [-0.4, -0.2) is 34.6 Å². The number of nitro groups is 1. The SMILES string of the molecule is C[C@@H](n1ccc(-c2ccccc2[N+](=O)[O-])n1)[C@](O)(Cn1cncn1)c1ccc(F)cc1F. The van der Waals surface area contributed by atoms with Crippen LogP contribution in [0.1, 0.15) is 18.5 Å². The van der Waals surface area contributed by atoms with Crippen LogP contribution in [0.5, 0.6) is 0 Å². The molecule has 0 unspecified atom stereocenters. The molecule has 0 spiro atoms. The van der Waals surface area contributed by atoms with Gasteiger partial charge in [0, 0.05) is 23.9 Å². The van der Waals surface area contributed by atoms with Crippen molar-refractivity contribution in [2.24, 2.45) is 0 Å². The van der Waals surface area contributed by atoms with Crippen LogP contribution >= 0.6 is 0 Å². The van der Waals surface area contributed by atoms with Gasteiger partial charge in [0.15, 0.2) is 0 Å². The van der Waals surface area contributed by atoms with Crippen molar-refractivity contribution in [1.29, 1.82) is 0 Å². The highest BCUT2D eigenvalue weighted by Crippen LogP contribution is 2.37. The van der Waals surface area contributed by atoms with Crippen LogP contribution < -0.4 is 0 Å². The van der Waals surface area contributed by atoms with Gasteiger partial charge in [0.05, 0.1) is 28.8 Å². The lowest BCUT2D eigenvalue weighted by Gasteiger charge is -2.34. The van der Waals surface area contributed by atoms with Crippen molar-refractivity contribution >= 4 is 5.69 Å². The summed E-state index contributed by atoms with van der Waals surface area (Å²) in [5.41, 5.74) is -1.56. The smallest absolute Gasteiger partial charge is 0.278 e. The van der Waals surface area contributed by atoms with Gasteiger partial charge in [-0.2, -0.15) is 10.2 Å². The van der Waals surface area contributed by atoms with E-state index in [4.69, 9.17) is 0 Å². The molecule has 0 saturated heterocycles. The van der Waals surface area contributed by atoms with Crippen LogP contribution in [0, 0.1) is 21.7 Å². The second kappa shape index (κ2) is 8.27. The van der Waals surface area contributed by atoms with Crippen molar-refractivity contribution in [2.45, 2.75) is 25.1 Å². The van der Waals surface area contributed by atoms with Gasteiger partial charge in [0.25, 0.3) is 5.69 Å². The molecular weight excluding hydrogens is 422 g/mol. The average Bonchev–Trinajstić information content (AvgIpc) is 3.45. The second-order valence-electron chi connectivity index (χ2n) is 7.27. The van der Waals surface area contributed by atoms with E-state index in [1.807, 2.05) is 0 Å². The number of benzene rings is 2. The number of rotatable bonds is 7. The van der Waals surface area contributed by atoms with E-state index in [0.29, 0.717) is 17.3 Å². The molecule has 0 fully saturated rings. The summed E-state index contributed by atoms with van der Waals surface area (Å²) in [4.78, 5) is 14.7. The first-order chi connectivity index (χ1) is 15.3. The van der Waals surface area contributed by atoms with Gasteiger partial charge in [-0.25, -0.2) is 18.4 Å². The van der Waals surface area contributed by atoms with Crippen LogP contribution in [0.2, 0.25) is 0 Å². The molecule has 2 atom stereocenters. The van der Waals surface area contributed by atoms with Crippen molar-refractivity contribution < 1.29 is 18.8 Å². The molecule has 0 aliphatic heterocycles. The largest absolute Gasteiger partial charge is 0.381 e. The standard InChI is InChI=1S/C21H18F2N6O3/c1-14(28-9-8-19(26-28)16-4-2-3-5-20(16)29(31)32)21(30,11-27-13-24-12-25-27)17-7-6-15(22)10-18(17)23/h2-10,12-14,30H,11H2,1H3/t14-,21-/m1/s1. The van der Waals surface area contributed by atoms with E-state index in [1.165, 1.54) is 40.3 Å². The molecule has 0 aliphatic rings. The van der Waals surface area contributed by atoms with E-state index < -0.39 is 28.2 Å². The van der Waals surface area contributed by atoms with Gasteiger partial charge in [-0.15, -0.1) is 0 Å². The molecule has 2 aromatic heterocycles. The summed E-state index contributed by atoms with van der Waals surface area (Å²) in [6.07, 6.45) is 4.16. The Hall–Kier alpha value is -3.99. The topological polar surface area (TPSA) is 112 Å². The summed E-state index contributed by atoms with van der Waals surface area (Å²) in [6, 6.07) is 9.75. The number of hydrogen-bond donors (Lipinski definition) is 1. The lowest BCUT2D eigenvalue weighted by Crippen LogP contribution is -2.40. The number of nitro benzene ring substituents is 1. The number of aromatic nitrogens is 5. The summed E-state index contributed by atoms with van der Waals surface area (Å²) in [5, 5.41) is 31.4. The van der Waals surface area contributed by atoms with Crippen LogP contribution in [-0.2, 0) is 12.1 Å². The van der Waals surface area contributed by atoms with Crippen molar-refractivity contribution in [2.75, 3.05) is 0 Å². The number of para-hydroxylation sites is 1. The molecule has 11 heteroatoms. The fourth-order valence-corrected chi connectivity index (χ4v) is 3.61. The Balaban J connectivity index is 1.77. The van der Waals surface area contributed by atoms with Gasteiger partial charge < -0.3 is 5.11 Å². The molecule has 4 rings (SSSR count). The highest BCUT2D eigenvalue weighted by Gasteiger charge is 2.41. The van der Waals surface area contributed by atoms with Crippen LogP contribution in [0.4, 0.5) is 14.5 Å². The first-order valence-electron chi connectivity index (χ1n) is 9.59. The van der Waals surface area contributed by atoms with E-state index in [9.17, 15) is 24.0 Å². The van der Waals surface area contributed by atoms with Crippen molar-refractivity contribution in [3.63, 3.8) is 0 Å². The quantitative estimate of drug-likeness (QED) is 0.348. The second-order valence-corrected chi connectivity index (χ2v) is 7.27. The molecule has 0 radical (unpaired) electrons. The Bertz CT molecular complexity index is 1260. The predicted molar refractivity (Wildman–Crippen MR) is 109 cm³/mol. The molecule has 0 aliphatic carbocycles. The minimum absolute atomic E-state index is 0.118. The van der Waals surface area contributed by atoms with Gasteiger partial charge in [-0.05, 0) is 25.1 Å². The van der Waals surface area contributed by atoms with Gasteiger partial charge in [-0.3, -0.25) is 14.8 Å². The predicted octanol–water partition coefficient (Wildman–Crippen LogP) is 3.48. The molecule has 2 heterocycles. The maximum atomic E-state index is 14.7. The maximum Gasteiger partial charge on any atom is 0.278 e. The molecule has 0 amide bonds. The molecule has 9 nitrogen and oxygen atoms in total. The third-order valence-electron chi connectivity index (χ3n) is 5.34. The maximum absolute atomic E-state index is 14.7. The fourth-order valence-electron chi connectivity index (χ4n) is 3.61. The zero-order valence-corrected chi connectivity index (χ0v) is 16.8. The van der Waals surface area contributed by atoms with Gasteiger partial charge in [-0.1, -0.05) is 18.2 Å². The Kier molecular flexibility index (Phi) is 5.49. The van der Waals surface area contributed by atoms with Gasteiger partial charge in [0.1, 0.15) is 29.9 Å². The van der Waals surface area contributed by atoms with Crippen LogP contribution in [0.25, 0.3) is 11.3 Å². The summed E-state index contributed by atoms with van der Waals surface area (Å²) in [7, 11) is 0. The van der Waals surface area contributed by atoms with Crippen molar-refractivity contribution in [3.05, 3.63) is 94.7 Å². The molecule has 4 aromatic rings. The highest BCUT2D eigenvalue weighted by molar-refractivity contribution is 5.70. The monoisotopic (exact) mass is 440 g/mol. The lowest BCUT2D eigenvalue weighted by atomic mass is 9.86. The van der Waals surface area contributed by atoms with Gasteiger partial charge >= 0.3 is 0 Å². The Morgan fingerprint density at radius 1 is 1.22 bits per heavy atom. The zero-order chi connectivity index (χ0) is 22.9. The van der Waals surface area contributed by atoms with E-state index in [2.05, 4.69) is 15.2 Å². The molecule has 32 heavy (non-hydrogen) atoms. The first kappa shape index (κ1) is 21.2. The number of nitrogens with zero attached hydrogens (tertiary/aromatic N) is 6. The fraction of sp³-hybridized carbons (Fsp3) is 0.190. The molecule has 1 N–H and O–H groups in total. The summed E-state index contributed by atoms with van der Waals surface area (Å²) in [5.74, 6) is -1.70. The molecule has 0 bridgehead atoms. The Morgan fingerprint density at radius 2 is 2.00 bits per heavy atom. The molecular formula is C21H18F2N6O3. The third-order valence-corrected chi connectivity index (χ3v) is 5.34. The summed E-state index contributed by atoms with van der Waals surface area (Å²) >= 11 is 0. The van der Waals surface area contributed by atoms with Crippen LogP contribution in [0.15, 0.2) is 67.4 Å². The van der Waals surface area contributed by atoms with E-state index >= 15 is 0 Å². The highest BCUT2D eigenvalue weighted by atomic mass is 19.1. The van der Waals surface area contributed by atoms with Crippen molar-refractivity contribution in [1.82, 2.24) is 24.5 Å².